The number of fused-ring (bicyclic) bond motifs is 9. The van der Waals surface area contributed by atoms with Gasteiger partial charge in [0.15, 0.2) is 0 Å². The van der Waals surface area contributed by atoms with Gasteiger partial charge in [-0.15, -0.1) is 22.7 Å². The molecule has 74 heavy (non-hydrogen) atoms. The Morgan fingerprint density at radius 1 is 0.392 bits per heavy atom. The second-order valence-electron chi connectivity index (χ2n) is 23.4. The molecule has 9 aromatic carbocycles. The van der Waals surface area contributed by atoms with Crippen LogP contribution in [0.2, 0.25) is 0 Å². The van der Waals surface area contributed by atoms with Gasteiger partial charge in [0.05, 0.1) is 16.1 Å². The zero-order valence-corrected chi connectivity index (χ0v) is 45.4. The molecule has 13 rings (SSSR count). The summed E-state index contributed by atoms with van der Waals surface area (Å²) in [5, 5.41) is 3.88. The summed E-state index contributed by atoms with van der Waals surface area (Å²) >= 11 is 3.86. The maximum Gasteiger partial charge on any atom is 0.264 e. The summed E-state index contributed by atoms with van der Waals surface area (Å²) in [7, 11) is 0. The van der Waals surface area contributed by atoms with E-state index in [-0.39, 0.29) is 23.0 Å². The highest BCUT2D eigenvalue weighted by atomic mass is 32.1. The van der Waals surface area contributed by atoms with Gasteiger partial charge in [0.25, 0.3) is 6.71 Å². The maximum atomic E-state index is 2.64. The van der Waals surface area contributed by atoms with E-state index in [4.69, 9.17) is 0 Å². The molecule has 3 nitrogen and oxygen atoms in total. The topological polar surface area (TPSA) is 9.72 Å². The second kappa shape index (κ2) is 17.1. The normalized spacial score (nSPS) is 13.4. The third-order valence-corrected chi connectivity index (χ3v) is 17.9. The molecule has 0 radical (unpaired) electrons. The third kappa shape index (κ3) is 7.59. The average molecular weight is 994 g/mol. The average Bonchev–Trinajstić information content (AvgIpc) is 4.00. The summed E-state index contributed by atoms with van der Waals surface area (Å²) in [6.07, 6.45) is 0. The van der Waals surface area contributed by atoms with Crippen LogP contribution in [0.25, 0.3) is 41.4 Å². The molecule has 0 aliphatic carbocycles. The number of nitrogens with zero attached hydrogens (tertiary/aromatic N) is 3. The summed E-state index contributed by atoms with van der Waals surface area (Å²) in [4.78, 5) is 7.71. The molecular formula is C68H60BN3S2. The summed E-state index contributed by atoms with van der Waals surface area (Å²) in [5.41, 5.74) is 19.6. The zero-order valence-electron chi connectivity index (χ0n) is 43.8. The molecular weight excluding hydrogens is 934 g/mol. The highest BCUT2D eigenvalue weighted by molar-refractivity contribution is 7.33. The Balaban J connectivity index is 1.15. The van der Waals surface area contributed by atoms with Crippen LogP contribution in [0.3, 0.4) is 0 Å². The highest BCUT2D eigenvalue weighted by Crippen LogP contribution is 2.52. The Morgan fingerprint density at radius 3 is 1.59 bits per heavy atom. The van der Waals surface area contributed by atoms with E-state index in [0.29, 0.717) is 0 Å². The number of para-hydroxylation sites is 1. The first-order chi connectivity index (χ1) is 35.6. The van der Waals surface area contributed by atoms with Crippen molar-refractivity contribution in [3.63, 3.8) is 0 Å². The van der Waals surface area contributed by atoms with Crippen LogP contribution in [0.4, 0.5) is 51.2 Å². The van der Waals surface area contributed by atoms with E-state index >= 15 is 0 Å². The molecule has 0 fully saturated rings. The minimum absolute atomic E-state index is 0.0191. The molecule has 4 heterocycles. The van der Waals surface area contributed by atoms with Crippen molar-refractivity contribution >= 4 is 127 Å². The fourth-order valence-electron chi connectivity index (χ4n) is 11.6. The summed E-state index contributed by atoms with van der Waals surface area (Å²) in [6, 6.07) is 76.1. The van der Waals surface area contributed by atoms with E-state index in [9.17, 15) is 0 Å². The van der Waals surface area contributed by atoms with Gasteiger partial charge in [-0.1, -0.05) is 178 Å². The van der Waals surface area contributed by atoms with Gasteiger partial charge >= 0.3 is 0 Å². The molecule has 2 aliphatic rings. The van der Waals surface area contributed by atoms with Crippen molar-refractivity contribution in [3.8, 4) is 11.1 Å². The van der Waals surface area contributed by atoms with Crippen LogP contribution in [0, 0.1) is 0 Å². The van der Waals surface area contributed by atoms with Gasteiger partial charge in [0.1, 0.15) is 0 Å². The van der Waals surface area contributed by atoms with E-state index in [1.54, 1.807) is 0 Å². The van der Waals surface area contributed by atoms with Crippen LogP contribution in [0.15, 0.2) is 200 Å². The molecule has 2 aromatic heterocycles. The fraction of sp³-hybridized carbons (Fsp3) is 0.176. The summed E-state index contributed by atoms with van der Waals surface area (Å²) < 4.78 is 5.25. The lowest BCUT2D eigenvalue weighted by molar-refractivity contribution is 0.590. The Morgan fingerprint density at radius 2 is 0.946 bits per heavy atom. The lowest BCUT2D eigenvalue weighted by Gasteiger charge is -2.44. The summed E-state index contributed by atoms with van der Waals surface area (Å²) in [6.45, 7) is 20.7. The molecule has 362 valence electrons. The van der Waals surface area contributed by atoms with E-state index in [0.717, 1.165) is 22.7 Å². The molecule has 6 heteroatoms. The molecule has 0 bridgehead atoms. The lowest BCUT2D eigenvalue weighted by atomic mass is 9.36. The van der Waals surface area contributed by atoms with Crippen molar-refractivity contribution in [1.82, 2.24) is 0 Å². The largest absolute Gasteiger partial charge is 0.310 e. The number of hydrogen-bond donors (Lipinski definition) is 0. The van der Waals surface area contributed by atoms with Gasteiger partial charge < -0.3 is 14.7 Å². The number of rotatable bonds is 6. The van der Waals surface area contributed by atoms with Gasteiger partial charge in [0.2, 0.25) is 0 Å². The van der Waals surface area contributed by atoms with Crippen molar-refractivity contribution in [1.29, 1.82) is 0 Å². The van der Waals surface area contributed by atoms with Crippen LogP contribution in [-0.2, 0) is 16.2 Å². The standard InChI is InChI=1S/C68H60BN3S2/c1-66(2,3)45-27-32-49(33-28-45)70(50-34-29-46(30-35-50)67(4,5)6)51-36-37-55-57(42-51)72(56-25-18-24-53-52-23-16-17-26-60(52)73-64(53)56)59-40-44(43-19-12-10-13-20-43)39-58-62(59)69(55)65-63(71(58)48-21-14-11-15-22-48)54-41-47(68(7,8)9)31-38-61(54)74-65/h10-42H,1-9H3. The number of benzene rings is 9. The number of hydrogen-bond acceptors (Lipinski definition) is 5. The predicted octanol–water partition coefficient (Wildman–Crippen LogP) is 18.4. The molecule has 0 atom stereocenters. The Labute approximate surface area is 445 Å². The predicted molar refractivity (Wildman–Crippen MR) is 325 cm³/mol. The van der Waals surface area contributed by atoms with Crippen LogP contribution < -0.4 is 30.4 Å². The molecule has 0 unspecified atom stereocenters. The summed E-state index contributed by atoms with van der Waals surface area (Å²) in [5.74, 6) is 0. The Hall–Kier alpha value is -7.38. The van der Waals surface area contributed by atoms with Gasteiger partial charge in [0, 0.05) is 70.1 Å². The molecule has 0 spiro atoms. The minimum atomic E-state index is -0.0391. The van der Waals surface area contributed by atoms with Crippen LogP contribution in [0.5, 0.6) is 0 Å². The molecule has 2 aliphatic heterocycles. The maximum absolute atomic E-state index is 2.64. The van der Waals surface area contributed by atoms with Crippen LogP contribution in [0.1, 0.15) is 79.0 Å². The van der Waals surface area contributed by atoms with E-state index in [1.807, 2.05) is 22.7 Å². The van der Waals surface area contributed by atoms with Gasteiger partial charge in [-0.2, -0.15) is 0 Å². The first-order valence-corrected chi connectivity index (χ1v) is 27.7. The molecule has 0 saturated carbocycles. The van der Waals surface area contributed by atoms with Gasteiger partial charge in [-0.05, 0) is 140 Å². The zero-order chi connectivity index (χ0) is 50.8. The molecule has 0 saturated heterocycles. The Bertz CT molecular complexity index is 3910. The molecule has 11 aromatic rings. The number of anilines is 9. The van der Waals surface area contributed by atoms with Crippen molar-refractivity contribution in [2.45, 2.75) is 78.6 Å². The third-order valence-electron chi connectivity index (χ3n) is 15.5. The van der Waals surface area contributed by atoms with Crippen molar-refractivity contribution in [2.75, 3.05) is 14.7 Å². The van der Waals surface area contributed by atoms with Crippen molar-refractivity contribution in [2.24, 2.45) is 0 Å². The van der Waals surface area contributed by atoms with Gasteiger partial charge in [-0.25, -0.2) is 0 Å². The van der Waals surface area contributed by atoms with E-state index in [2.05, 4.69) is 277 Å². The van der Waals surface area contributed by atoms with E-state index < -0.39 is 0 Å². The molecule has 0 amide bonds. The minimum Gasteiger partial charge on any atom is -0.310 e. The van der Waals surface area contributed by atoms with Crippen molar-refractivity contribution in [3.05, 3.63) is 217 Å². The van der Waals surface area contributed by atoms with Gasteiger partial charge in [-0.3, -0.25) is 0 Å². The second-order valence-corrected chi connectivity index (χ2v) is 25.6. The fourth-order valence-corrected chi connectivity index (χ4v) is 14.1. The Kier molecular flexibility index (Phi) is 10.7. The molecule has 0 N–H and O–H groups in total. The SMILES string of the molecule is CC(C)(C)c1ccc(N(c2ccc(C(C)(C)C)cc2)c2ccc3c(c2)N(c2cccc4c2sc2ccccc24)c2cc(-c4ccccc4)cc4c2B3c2sc3ccc(C(C)(C)C)cc3c2N4c2ccccc2)cc1. The first-order valence-electron chi connectivity index (χ1n) is 26.1. The quantitative estimate of drug-likeness (QED) is 0.154. The van der Waals surface area contributed by atoms with Crippen LogP contribution >= 0.6 is 22.7 Å². The van der Waals surface area contributed by atoms with E-state index in [1.165, 1.54) is 102 Å². The highest BCUT2D eigenvalue weighted by Gasteiger charge is 2.46. The smallest absolute Gasteiger partial charge is 0.264 e. The van der Waals surface area contributed by atoms with Crippen LogP contribution in [-0.4, -0.2) is 6.71 Å². The monoisotopic (exact) mass is 993 g/mol. The van der Waals surface area contributed by atoms with Crippen molar-refractivity contribution < 1.29 is 0 Å². The lowest BCUT2D eigenvalue weighted by Crippen LogP contribution is -2.60. The number of thiophene rings is 2. The first kappa shape index (κ1) is 46.4.